The van der Waals surface area contributed by atoms with Crippen molar-refractivity contribution >= 4 is 17.3 Å². The Morgan fingerprint density at radius 3 is 2.44 bits per heavy atom. The second-order valence-corrected chi connectivity index (χ2v) is 6.67. The van der Waals surface area contributed by atoms with Crippen molar-refractivity contribution in [2.45, 2.75) is 20.3 Å². The molecule has 0 aliphatic rings. The number of phenolic OH excluding ortho intramolecular Hbond substituents is 1. The van der Waals surface area contributed by atoms with E-state index in [-0.39, 0.29) is 18.3 Å². The highest BCUT2D eigenvalue weighted by Crippen LogP contribution is 2.28. The number of amides is 1. The van der Waals surface area contributed by atoms with E-state index >= 15 is 0 Å². The second kappa shape index (κ2) is 8.42. The first-order chi connectivity index (χ1) is 11.8. The van der Waals surface area contributed by atoms with Gasteiger partial charge in [0, 0.05) is 20.2 Å². The summed E-state index contributed by atoms with van der Waals surface area (Å²) in [7, 11) is 3.69. The van der Waals surface area contributed by atoms with Crippen LogP contribution in [0.15, 0.2) is 42.5 Å². The van der Waals surface area contributed by atoms with Crippen molar-refractivity contribution in [2.75, 3.05) is 30.9 Å². The summed E-state index contributed by atoms with van der Waals surface area (Å²) in [6, 6.07) is 12.6. The fraction of sp³-hybridized carbons (Fsp3) is 0.350. The smallest absolute Gasteiger partial charge is 0.262 e. The van der Waals surface area contributed by atoms with Crippen LogP contribution >= 0.6 is 0 Å². The Morgan fingerprint density at radius 1 is 1.16 bits per heavy atom. The Bertz CT molecular complexity index is 709. The highest BCUT2D eigenvalue weighted by atomic mass is 16.5. The van der Waals surface area contributed by atoms with E-state index in [0.717, 1.165) is 12.1 Å². The average Bonchev–Trinajstić information content (AvgIpc) is 2.55. The molecule has 5 heteroatoms. The monoisotopic (exact) mass is 342 g/mol. The summed E-state index contributed by atoms with van der Waals surface area (Å²) in [5, 5.41) is 12.4. The van der Waals surface area contributed by atoms with E-state index in [1.807, 2.05) is 43.3 Å². The van der Waals surface area contributed by atoms with Crippen LogP contribution in [0.1, 0.15) is 19.4 Å². The van der Waals surface area contributed by atoms with Gasteiger partial charge in [-0.25, -0.2) is 0 Å². The van der Waals surface area contributed by atoms with Crippen molar-refractivity contribution in [3.05, 3.63) is 48.0 Å². The number of ether oxygens (including phenoxy) is 1. The lowest BCUT2D eigenvalue weighted by atomic mass is 10.0. The zero-order chi connectivity index (χ0) is 18.4. The molecular formula is C20H26N2O3. The molecule has 0 unspecified atom stereocenters. The first kappa shape index (κ1) is 18.6. The minimum Gasteiger partial charge on any atom is -0.508 e. The van der Waals surface area contributed by atoms with Crippen molar-refractivity contribution in [3.63, 3.8) is 0 Å². The first-order valence-electron chi connectivity index (χ1n) is 8.37. The summed E-state index contributed by atoms with van der Waals surface area (Å²) < 4.78 is 5.55. The molecule has 0 aliphatic heterocycles. The summed E-state index contributed by atoms with van der Waals surface area (Å²) in [6.45, 7) is 4.29. The van der Waals surface area contributed by atoms with Gasteiger partial charge in [0.1, 0.15) is 11.5 Å². The minimum absolute atomic E-state index is 0.0722. The van der Waals surface area contributed by atoms with Gasteiger partial charge in [-0.3, -0.25) is 4.79 Å². The topological polar surface area (TPSA) is 61.8 Å². The number of carbonyl (C=O) groups is 1. The van der Waals surface area contributed by atoms with Crippen LogP contribution in [0.2, 0.25) is 0 Å². The van der Waals surface area contributed by atoms with Crippen molar-refractivity contribution in [3.8, 4) is 11.5 Å². The standard InChI is InChI=1S/C20H26N2O3/c1-14(2)11-15-5-8-17(9-6-15)25-13-20(24)21-18-10-7-16(23)12-19(18)22(3)4/h5-10,12,14,23H,11,13H2,1-4H3,(H,21,24). The molecule has 0 saturated carbocycles. The van der Waals surface area contributed by atoms with E-state index in [0.29, 0.717) is 17.4 Å². The molecule has 134 valence electrons. The SMILES string of the molecule is CC(C)Cc1ccc(OCC(=O)Nc2ccc(O)cc2N(C)C)cc1. The lowest BCUT2D eigenvalue weighted by Crippen LogP contribution is -2.22. The van der Waals surface area contributed by atoms with E-state index in [4.69, 9.17) is 4.74 Å². The number of carbonyl (C=O) groups excluding carboxylic acids is 1. The number of anilines is 2. The molecule has 0 bridgehead atoms. The van der Waals surface area contributed by atoms with E-state index in [1.54, 1.807) is 12.1 Å². The predicted octanol–water partition coefficient (Wildman–Crippen LogP) is 3.67. The lowest BCUT2D eigenvalue weighted by Gasteiger charge is -2.18. The molecule has 25 heavy (non-hydrogen) atoms. The average molecular weight is 342 g/mol. The molecule has 0 aliphatic carbocycles. The molecule has 0 spiro atoms. The van der Waals surface area contributed by atoms with Gasteiger partial charge < -0.3 is 20.1 Å². The van der Waals surface area contributed by atoms with Crippen LogP contribution < -0.4 is 15.0 Å². The van der Waals surface area contributed by atoms with Crippen LogP contribution in [0.5, 0.6) is 11.5 Å². The molecule has 0 fully saturated rings. The fourth-order valence-corrected chi connectivity index (χ4v) is 2.52. The summed E-state index contributed by atoms with van der Waals surface area (Å²) in [4.78, 5) is 14.0. The van der Waals surface area contributed by atoms with Crippen LogP contribution in [-0.2, 0) is 11.2 Å². The van der Waals surface area contributed by atoms with Crippen LogP contribution in [0.3, 0.4) is 0 Å². The van der Waals surface area contributed by atoms with Gasteiger partial charge in [0.05, 0.1) is 11.4 Å². The highest BCUT2D eigenvalue weighted by molar-refractivity contribution is 5.95. The molecule has 1 amide bonds. The van der Waals surface area contributed by atoms with Gasteiger partial charge >= 0.3 is 0 Å². The van der Waals surface area contributed by atoms with Crippen molar-refractivity contribution in [1.29, 1.82) is 0 Å². The van der Waals surface area contributed by atoms with Crippen molar-refractivity contribution in [1.82, 2.24) is 0 Å². The maximum atomic E-state index is 12.1. The lowest BCUT2D eigenvalue weighted by molar-refractivity contribution is -0.118. The van der Waals surface area contributed by atoms with E-state index in [9.17, 15) is 9.90 Å². The molecule has 0 saturated heterocycles. The summed E-state index contributed by atoms with van der Waals surface area (Å²) in [6.07, 6.45) is 1.02. The zero-order valence-electron chi connectivity index (χ0n) is 15.2. The van der Waals surface area contributed by atoms with Gasteiger partial charge in [-0.05, 0) is 42.2 Å². The Balaban J connectivity index is 1.93. The van der Waals surface area contributed by atoms with E-state index in [2.05, 4.69) is 19.2 Å². The maximum absolute atomic E-state index is 12.1. The summed E-state index contributed by atoms with van der Waals surface area (Å²) >= 11 is 0. The molecule has 2 aromatic rings. The number of aromatic hydroxyl groups is 1. The summed E-state index contributed by atoms with van der Waals surface area (Å²) in [5.41, 5.74) is 2.61. The Labute approximate surface area is 149 Å². The quantitative estimate of drug-likeness (QED) is 0.754. The minimum atomic E-state index is -0.250. The third kappa shape index (κ3) is 5.71. The molecule has 2 aromatic carbocycles. The van der Waals surface area contributed by atoms with E-state index < -0.39 is 0 Å². The normalized spacial score (nSPS) is 10.6. The molecule has 0 atom stereocenters. The highest BCUT2D eigenvalue weighted by Gasteiger charge is 2.10. The van der Waals surface area contributed by atoms with Gasteiger partial charge in [-0.2, -0.15) is 0 Å². The number of benzene rings is 2. The third-order valence-electron chi connectivity index (χ3n) is 3.67. The molecular weight excluding hydrogens is 316 g/mol. The van der Waals surface area contributed by atoms with Gasteiger partial charge in [0.2, 0.25) is 0 Å². The van der Waals surface area contributed by atoms with Gasteiger partial charge in [0.25, 0.3) is 5.91 Å². The molecule has 2 N–H and O–H groups in total. The second-order valence-electron chi connectivity index (χ2n) is 6.67. The first-order valence-corrected chi connectivity index (χ1v) is 8.37. The van der Waals surface area contributed by atoms with Crippen LogP contribution in [0.4, 0.5) is 11.4 Å². The zero-order valence-corrected chi connectivity index (χ0v) is 15.2. The predicted molar refractivity (Wildman–Crippen MR) is 102 cm³/mol. The Hall–Kier alpha value is -2.69. The molecule has 0 radical (unpaired) electrons. The van der Waals surface area contributed by atoms with E-state index in [1.165, 1.54) is 11.6 Å². The maximum Gasteiger partial charge on any atom is 0.262 e. The number of hydrogen-bond donors (Lipinski definition) is 2. The van der Waals surface area contributed by atoms with Gasteiger partial charge in [-0.15, -0.1) is 0 Å². The Morgan fingerprint density at radius 2 is 1.84 bits per heavy atom. The van der Waals surface area contributed by atoms with Crippen LogP contribution in [0, 0.1) is 5.92 Å². The van der Waals surface area contributed by atoms with Crippen molar-refractivity contribution in [2.24, 2.45) is 5.92 Å². The molecule has 0 heterocycles. The van der Waals surface area contributed by atoms with Crippen molar-refractivity contribution < 1.29 is 14.6 Å². The van der Waals surface area contributed by atoms with Crippen LogP contribution in [0.25, 0.3) is 0 Å². The number of hydrogen-bond acceptors (Lipinski definition) is 4. The number of phenols is 1. The Kier molecular flexibility index (Phi) is 6.28. The molecule has 0 aromatic heterocycles. The third-order valence-corrected chi connectivity index (χ3v) is 3.67. The number of nitrogens with one attached hydrogen (secondary N) is 1. The number of rotatable bonds is 7. The molecule has 5 nitrogen and oxygen atoms in total. The molecule has 2 rings (SSSR count). The number of nitrogens with zero attached hydrogens (tertiary/aromatic N) is 1. The van der Waals surface area contributed by atoms with Crippen LogP contribution in [-0.4, -0.2) is 31.7 Å². The van der Waals surface area contributed by atoms with Gasteiger partial charge in [0.15, 0.2) is 6.61 Å². The van der Waals surface area contributed by atoms with Gasteiger partial charge in [-0.1, -0.05) is 26.0 Å². The largest absolute Gasteiger partial charge is 0.508 e. The fourth-order valence-electron chi connectivity index (χ4n) is 2.52. The summed E-state index contributed by atoms with van der Waals surface area (Å²) in [5.74, 6) is 1.18.